The smallest absolute Gasteiger partial charge is 0.253 e. The molecule has 2 atom stereocenters. The van der Waals surface area contributed by atoms with Gasteiger partial charge in [0.15, 0.2) is 9.84 Å². The zero-order valence-electron chi connectivity index (χ0n) is 20.9. The molecule has 2 aromatic carbocycles. The molecule has 2 aliphatic heterocycles. The van der Waals surface area contributed by atoms with Crippen LogP contribution < -0.4 is 11.1 Å². The number of fused-ring (bicyclic) bond motifs is 1. The van der Waals surface area contributed by atoms with E-state index in [1.165, 1.54) is 5.56 Å². The zero-order chi connectivity index (χ0) is 26.0. The van der Waals surface area contributed by atoms with E-state index in [2.05, 4.69) is 22.3 Å². The summed E-state index contributed by atoms with van der Waals surface area (Å²) >= 11 is 0. The van der Waals surface area contributed by atoms with Gasteiger partial charge in [0.05, 0.1) is 34.6 Å². The number of benzene rings is 2. The van der Waals surface area contributed by atoms with E-state index in [0.717, 1.165) is 42.1 Å². The summed E-state index contributed by atoms with van der Waals surface area (Å²) in [4.78, 5) is 20.4. The highest BCUT2D eigenvalue weighted by Crippen LogP contribution is 2.41. The third kappa shape index (κ3) is 5.53. The van der Waals surface area contributed by atoms with Crippen LogP contribution in [0.25, 0.3) is 0 Å². The van der Waals surface area contributed by atoms with E-state index < -0.39 is 9.84 Å². The molecule has 2 aliphatic rings. The molecule has 194 valence electrons. The summed E-state index contributed by atoms with van der Waals surface area (Å²) in [7, 11) is -3.25. The van der Waals surface area contributed by atoms with Crippen molar-refractivity contribution in [3.8, 4) is 0 Å². The van der Waals surface area contributed by atoms with Gasteiger partial charge in [-0.1, -0.05) is 31.2 Å². The Hall–Kier alpha value is -3.27. The van der Waals surface area contributed by atoms with Gasteiger partial charge in [0.1, 0.15) is 0 Å². The average Bonchev–Trinajstić information content (AvgIpc) is 3.56. The Labute approximate surface area is 217 Å². The number of pyridine rings is 1. The number of ether oxygens (including phenoxy) is 1. The maximum atomic E-state index is 12.9. The van der Waals surface area contributed by atoms with E-state index in [4.69, 9.17) is 15.5 Å². The van der Waals surface area contributed by atoms with Gasteiger partial charge in [-0.15, -0.1) is 0 Å². The van der Waals surface area contributed by atoms with E-state index in [1.807, 2.05) is 18.2 Å². The van der Waals surface area contributed by atoms with Gasteiger partial charge in [0, 0.05) is 44.0 Å². The SMILES string of the molecule is CCS(=O)(=O)c1ccc(CNC(=O)c2cnc3c(c2)CN(Cc2ccc(N)cc2)[C@@H]3[C@@H]2CCOC2)cc1. The Morgan fingerprint density at radius 1 is 1.14 bits per heavy atom. The van der Waals surface area contributed by atoms with Crippen molar-refractivity contribution >= 4 is 21.4 Å². The van der Waals surface area contributed by atoms with Gasteiger partial charge >= 0.3 is 0 Å². The number of rotatable bonds is 8. The highest BCUT2D eigenvalue weighted by molar-refractivity contribution is 7.91. The van der Waals surface area contributed by atoms with Crippen LogP contribution in [0.1, 0.15) is 52.1 Å². The molecule has 1 fully saturated rings. The van der Waals surface area contributed by atoms with Crippen molar-refractivity contribution in [2.45, 2.75) is 43.9 Å². The number of hydrogen-bond donors (Lipinski definition) is 2. The summed E-state index contributed by atoms with van der Waals surface area (Å²) in [6.07, 6.45) is 2.64. The molecule has 0 unspecified atom stereocenters. The Balaban J connectivity index is 1.29. The zero-order valence-corrected chi connectivity index (χ0v) is 21.7. The molecule has 3 N–H and O–H groups in total. The molecule has 1 saturated heterocycles. The third-order valence-corrected chi connectivity index (χ3v) is 8.95. The Kier molecular flexibility index (Phi) is 7.28. The summed E-state index contributed by atoms with van der Waals surface area (Å²) in [6, 6.07) is 16.7. The van der Waals surface area contributed by atoms with Crippen LogP contribution in [-0.4, -0.2) is 43.2 Å². The molecule has 0 spiro atoms. The largest absolute Gasteiger partial charge is 0.399 e. The van der Waals surface area contributed by atoms with Crippen LogP contribution >= 0.6 is 0 Å². The predicted molar refractivity (Wildman–Crippen MR) is 141 cm³/mol. The molecular weight excluding hydrogens is 488 g/mol. The summed E-state index contributed by atoms with van der Waals surface area (Å²) in [5.41, 5.74) is 11.2. The van der Waals surface area contributed by atoms with Gasteiger partial charge in [-0.25, -0.2) is 8.42 Å². The molecule has 0 saturated carbocycles. The monoisotopic (exact) mass is 520 g/mol. The lowest BCUT2D eigenvalue weighted by Crippen LogP contribution is -2.28. The first-order valence-electron chi connectivity index (χ1n) is 12.6. The maximum absolute atomic E-state index is 12.9. The van der Waals surface area contributed by atoms with Gasteiger partial charge in [-0.2, -0.15) is 0 Å². The number of hydrogen-bond acceptors (Lipinski definition) is 7. The van der Waals surface area contributed by atoms with Crippen molar-refractivity contribution in [3.63, 3.8) is 0 Å². The topological polar surface area (TPSA) is 115 Å². The van der Waals surface area contributed by atoms with Gasteiger partial charge in [-0.3, -0.25) is 14.7 Å². The maximum Gasteiger partial charge on any atom is 0.253 e. The van der Waals surface area contributed by atoms with Gasteiger partial charge in [-0.05, 0) is 53.4 Å². The van der Waals surface area contributed by atoms with E-state index >= 15 is 0 Å². The number of amides is 1. The van der Waals surface area contributed by atoms with Gasteiger partial charge in [0.2, 0.25) is 0 Å². The van der Waals surface area contributed by atoms with Crippen LogP contribution in [0.2, 0.25) is 0 Å². The minimum atomic E-state index is -3.25. The first-order valence-corrected chi connectivity index (χ1v) is 14.2. The van der Waals surface area contributed by atoms with Gasteiger partial charge < -0.3 is 15.8 Å². The van der Waals surface area contributed by atoms with Crippen molar-refractivity contribution in [2.24, 2.45) is 5.92 Å². The Morgan fingerprint density at radius 3 is 2.54 bits per heavy atom. The molecule has 3 heterocycles. The molecule has 0 radical (unpaired) electrons. The van der Waals surface area contributed by atoms with E-state index in [0.29, 0.717) is 36.1 Å². The number of nitrogens with two attached hydrogens (primary N) is 1. The molecule has 5 rings (SSSR count). The molecule has 0 bridgehead atoms. The lowest BCUT2D eigenvalue weighted by Gasteiger charge is -2.28. The predicted octanol–water partition coefficient (Wildman–Crippen LogP) is 3.48. The number of aromatic nitrogens is 1. The highest BCUT2D eigenvalue weighted by atomic mass is 32.2. The Morgan fingerprint density at radius 2 is 1.86 bits per heavy atom. The van der Waals surface area contributed by atoms with Crippen molar-refractivity contribution < 1.29 is 17.9 Å². The molecule has 9 heteroatoms. The number of nitrogen functional groups attached to an aromatic ring is 1. The second kappa shape index (κ2) is 10.6. The van der Waals surface area contributed by atoms with E-state index in [9.17, 15) is 13.2 Å². The lowest BCUT2D eigenvalue weighted by molar-refractivity contribution is 0.0950. The van der Waals surface area contributed by atoms with Gasteiger partial charge in [0.25, 0.3) is 5.91 Å². The quantitative estimate of drug-likeness (QED) is 0.437. The van der Waals surface area contributed by atoms with Crippen molar-refractivity contribution in [3.05, 3.63) is 88.7 Å². The van der Waals surface area contributed by atoms with Crippen molar-refractivity contribution in [1.82, 2.24) is 15.2 Å². The molecule has 0 aliphatic carbocycles. The molecule has 1 amide bonds. The van der Waals surface area contributed by atoms with Crippen LogP contribution in [0.15, 0.2) is 65.7 Å². The van der Waals surface area contributed by atoms with E-state index in [-0.39, 0.29) is 17.7 Å². The Bertz CT molecular complexity index is 1370. The molecule has 1 aromatic heterocycles. The van der Waals surface area contributed by atoms with Crippen LogP contribution in [0.4, 0.5) is 5.69 Å². The van der Waals surface area contributed by atoms with Crippen LogP contribution in [0, 0.1) is 5.92 Å². The van der Waals surface area contributed by atoms with Crippen LogP contribution in [-0.2, 0) is 34.2 Å². The number of anilines is 1. The molecule has 37 heavy (non-hydrogen) atoms. The highest BCUT2D eigenvalue weighted by Gasteiger charge is 2.39. The number of sulfone groups is 1. The number of nitrogens with zero attached hydrogens (tertiary/aromatic N) is 2. The van der Waals surface area contributed by atoms with Crippen LogP contribution in [0.5, 0.6) is 0 Å². The third-order valence-electron chi connectivity index (χ3n) is 7.20. The van der Waals surface area contributed by atoms with E-state index in [1.54, 1.807) is 37.4 Å². The molecular formula is C28H32N4O4S. The fourth-order valence-corrected chi connectivity index (χ4v) is 6.01. The minimum absolute atomic E-state index is 0.0560. The van der Waals surface area contributed by atoms with Crippen molar-refractivity contribution in [1.29, 1.82) is 0 Å². The molecule has 8 nitrogen and oxygen atoms in total. The minimum Gasteiger partial charge on any atom is -0.399 e. The first-order chi connectivity index (χ1) is 17.8. The molecule has 3 aromatic rings. The fraction of sp³-hybridized carbons (Fsp3) is 0.357. The number of carbonyl (C=O) groups is 1. The summed E-state index contributed by atoms with van der Waals surface area (Å²) in [6.45, 7) is 4.87. The first kappa shape index (κ1) is 25.4. The number of nitrogens with one attached hydrogen (secondary N) is 1. The number of carbonyl (C=O) groups excluding carboxylic acids is 1. The summed E-state index contributed by atoms with van der Waals surface area (Å²) < 4.78 is 29.7. The normalized spacial score (nSPS) is 19.6. The summed E-state index contributed by atoms with van der Waals surface area (Å²) in [5.74, 6) is 0.209. The average molecular weight is 521 g/mol. The second-order valence-corrected chi connectivity index (χ2v) is 12.0. The standard InChI is InChI=1S/C28H32N4O4S/c1-2-37(34,35)25-9-5-19(6-10-25)14-31-28(33)22-13-23-17-32(16-20-3-7-24(29)8-4-20)27(26(23)30-15-22)21-11-12-36-18-21/h3-10,13,15,21,27H,2,11-12,14,16-18,29H2,1H3,(H,31,33)/t21-,27-/m1/s1. The summed E-state index contributed by atoms with van der Waals surface area (Å²) in [5, 5.41) is 2.93. The lowest BCUT2D eigenvalue weighted by atomic mass is 9.95. The van der Waals surface area contributed by atoms with Crippen LogP contribution in [0.3, 0.4) is 0 Å². The van der Waals surface area contributed by atoms with Crippen molar-refractivity contribution in [2.75, 3.05) is 24.7 Å². The second-order valence-electron chi connectivity index (χ2n) is 9.71. The fourth-order valence-electron chi connectivity index (χ4n) is 5.13.